The molecule has 0 atom stereocenters. The number of halogens is 4. The minimum Gasteiger partial charge on any atom is -0.391 e. The van der Waals surface area contributed by atoms with Gasteiger partial charge in [-0.25, -0.2) is 0 Å². The van der Waals surface area contributed by atoms with E-state index in [1.165, 1.54) is 18.3 Å². The van der Waals surface area contributed by atoms with E-state index in [1.807, 2.05) is 6.07 Å². The molecule has 0 saturated heterocycles. The minimum absolute atomic E-state index is 0.0824. The molecule has 0 radical (unpaired) electrons. The van der Waals surface area contributed by atoms with Crippen molar-refractivity contribution in [2.75, 3.05) is 0 Å². The fourth-order valence-corrected chi connectivity index (χ4v) is 1.76. The predicted molar refractivity (Wildman–Crippen MR) is 75.3 cm³/mol. The lowest BCUT2D eigenvalue weighted by Crippen LogP contribution is -2.04. The molecule has 0 unspecified atom stereocenters. The van der Waals surface area contributed by atoms with Gasteiger partial charge in [0.15, 0.2) is 0 Å². The molecule has 0 bridgehead atoms. The summed E-state index contributed by atoms with van der Waals surface area (Å²) in [4.78, 5) is 5.03. The van der Waals surface area contributed by atoms with Gasteiger partial charge in [-0.05, 0) is 23.8 Å². The summed E-state index contributed by atoms with van der Waals surface area (Å²) in [6.45, 7) is 0.0824. The van der Waals surface area contributed by atoms with Crippen molar-refractivity contribution in [3.8, 4) is 0 Å². The molecule has 0 aliphatic carbocycles. The molecule has 0 heterocycles. The van der Waals surface area contributed by atoms with Crippen LogP contribution in [0.25, 0.3) is 0 Å². The van der Waals surface area contributed by atoms with Crippen LogP contribution in [0.2, 0.25) is 5.02 Å². The lowest BCUT2D eigenvalue weighted by Gasteiger charge is -2.07. The van der Waals surface area contributed by atoms with Gasteiger partial charge < -0.3 is 4.84 Å². The highest BCUT2D eigenvalue weighted by molar-refractivity contribution is 6.33. The Morgan fingerprint density at radius 3 is 2.33 bits per heavy atom. The Hall–Kier alpha value is -2.01. The van der Waals surface area contributed by atoms with Crippen molar-refractivity contribution < 1.29 is 18.0 Å². The summed E-state index contributed by atoms with van der Waals surface area (Å²) < 4.78 is 37.2. The zero-order valence-electron chi connectivity index (χ0n) is 10.8. The fourth-order valence-electron chi connectivity index (χ4n) is 1.58. The van der Waals surface area contributed by atoms with E-state index in [2.05, 4.69) is 5.16 Å². The average molecular weight is 314 g/mol. The predicted octanol–water partition coefficient (Wildman–Crippen LogP) is 4.91. The normalized spacial score (nSPS) is 11.8. The highest BCUT2D eigenvalue weighted by Crippen LogP contribution is 2.29. The van der Waals surface area contributed by atoms with Crippen molar-refractivity contribution in [1.82, 2.24) is 0 Å². The summed E-state index contributed by atoms with van der Waals surface area (Å²) in [6.07, 6.45) is -2.88. The molecule has 0 N–H and O–H groups in total. The number of nitrogens with zero attached hydrogens (tertiary/aromatic N) is 1. The van der Waals surface area contributed by atoms with E-state index < -0.39 is 11.7 Å². The summed E-state index contributed by atoms with van der Waals surface area (Å²) >= 11 is 5.93. The largest absolute Gasteiger partial charge is 0.416 e. The molecule has 0 saturated carbocycles. The molecule has 2 aromatic carbocycles. The molecule has 0 aliphatic heterocycles. The summed E-state index contributed by atoms with van der Waals surface area (Å²) in [7, 11) is 0. The lowest BCUT2D eigenvalue weighted by molar-refractivity contribution is -0.137. The van der Waals surface area contributed by atoms with Crippen LogP contribution in [0.5, 0.6) is 0 Å². The smallest absolute Gasteiger partial charge is 0.391 e. The van der Waals surface area contributed by atoms with Crippen molar-refractivity contribution in [2.45, 2.75) is 12.8 Å². The zero-order valence-corrected chi connectivity index (χ0v) is 11.5. The van der Waals surface area contributed by atoms with Crippen LogP contribution in [-0.2, 0) is 17.6 Å². The van der Waals surface area contributed by atoms with Gasteiger partial charge >= 0.3 is 6.18 Å². The SMILES string of the molecule is FC(F)(F)c1ccc(CON=Cc2ccccc2Cl)cc1. The lowest BCUT2D eigenvalue weighted by atomic mass is 10.1. The van der Waals surface area contributed by atoms with Crippen LogP contribution in [0.15, 0.2) is 53.7 Å². The van der Waals surface area contributed by atoms with E-state index in [4.69, 9.17) is 16.4 Å². The molecule has 21 heavy (non-hydrogen) atoms. The molecule has 2 rings (SSSR count). The Balaban J connectivity index is 1.91. The van der Waals surface area contributed by atoms with Gasteiger partial charge in [0, 0.05) is 10.6 Å². The van der Waals surface area contributed by atoms with Crippen LogP contribution in [-0.4, -0.2) is 6.21 Å². The van der Waals surface area contributed by atoms with Gasteiger partial charge in [-0.3, -0.25) is 0 Å². The molecule has 0 amide bonds. The zero-order chi connectivity index (χ0) is 15.3. The number of benzene rings is 2. The Morgan fingerprint density at radius 2 is 1.71 bits per heavy atom. The quantitative estimate of drug-likeness (QED) is 0.580. The Kier molecular flexibility index (Phi) is 4.85. The number of oxime groups is 1. The second-order valence-corrected chi connectivity index (χ2v) is 4.63. The molecule has 6 heteroatoms. The van der Waals surface area contributed by atoms with Crippen LogP contribution in [0, 0.1) is 0 Å². The maximum Gasteiger partial charge on any atom is 0.416 e. The first-order valence-electron chi connectivity index (χ1n) is 6.03. The molecular formula is C15H11ClF3NO. The van der Waals surface area contributed by atoms with Crippen molar-refractivity contribution in [3.63, 3.8) is 0 Å². The van der Waals surface area contributed by atoms with Gasteiger partial charge in [-0.2, -0.15) is 13.2 Å². The molecule has 110 valence electrons. The summed E-state index contributed by atoms with van der Waals surface area (Å²) in [5, 5.41) is 4.28. The minimum atomic E-state index is -4.33. The second kappa shape index (κ2) is 6.63. The van der Waals surface area contributed by atoms with Crippen molar-refractivity contribution >= 4 is 17.8 Å². The van der Waals surface area contributed by atoms with Crippen LogP contribution in [0.4, 0.5) is 13.2 Å². The van der Waals surface area contributed by atoms with Crippen LogP contribution >= 0.6 is 11.6 Å². The van der Waals surface area contributed by atoms with Gasteiger partial charge in [0.1, 0.15) is 6.61 Å². The first kappa shape index (κ1) is 15.4. The van der Waals surface area contributed by atoms with E-state index in [0.29, 0.717) is 16.1 Å². The number of hydrogen-bond acceptors (Lipinski definition) is 2. The van der Waals surface area contributed by atoms with Gasteiger partial charge in [-0.15, -0.1) is 0 Å². The molecule has 2 aromatic rings. The van der Waals surface area contributed by atoms with Gasteiger partial charge in [0.2, 0.25) is 0 Å². The molecule has 0 spiro atoms. The molecule has 0 aliphatic rings. The summed E-state index contributed by atoms with van der Waals surface area (Å²) in [5.41, 5.74) is 0.608. The first-order chi connectivity index (χ1) is 9.97. The van der Waals surface area contributed by atoms with E-state index in [0.717, 1.165) is 12.1 Å². The maximum atomic E-state index is 12.4. The average Bonchev–Trinajstić information content (AvgIpc) is 2.45. The van der Waals surface area contributed by atoms with Gasteiger partial charge in [0.05, 0.1) is 11.8 Å². The Bertz CT molecular complexity index is 624. The fraction of sp³-hybridized carbons (Fsp3) is 0.133. The molecule has 0 fully saturated rings. The van der Waals surface area contributed by atoms with Crippen molar-refractivity contribution in [3.05, 3.63) is 70.2 Å². The first-order valence-corrected chi connectivity index (χ1v) is 6.40. The van der Waals surface area contributed by atoms with E-state index in [9.17, 15) is 13.2 Å². The van der Waals surface area contributed by atoms with Gasteiger partial charge in [-0.1, -0.05) is 47.1 Å². The monoisotopic (exact) mass is 313 g/mol. The third-order valence-corrected chi connectivity index (χ3v) is 3.03. The van der Waals surface area contributed by atoms with Crippen LogP contribution < -0.4 is 0 Å². The third-order valence-electron chi connectivity index (χ3n) is 2.68. The molecule has 2 nitrogen and oxygen atoms in total. The highest BCUT2D eigenvalue weighted by Gasteiger charge is 2.29. The van der Waals surface area contributed by atoms with E-state index >= 15 is 0 Å². The molecular weight excluding hydrogens is 303 g/mol. The summed E-state index contributed by atoms with van der Waals surface area (Å²) in [5.74, 6) is 0. The van der Waals surface area contributed by atoms with Crippen LogP contribution in [0.1, 0.15) is 16.7 Å². The topological polar surface area (TPSA) is 21.6 Å². The van der Waals surface area contributed by atoms with Crippen molar-refractivity contribution in [2.24, 2.45) is 5.16 Å². The standard InChI is InChI=1S/C15H11ClF3NO/c16-14-4-2-1-3-12(14)9-20-21-10-11-5-7-13(8-6-11)15(17,18)19/h1-9H,10H2. The summed E-state index contributed by atoms with van der Waals surface area (Å²) in [6, 6.07) is 11.8. The highest BCUT2D eigenvalue weighted by atomic mass is 35.5. The number of rotatable bonds is 4. The van der Waals surface area contributed by atoms with E-state index in [1.54, 1.807) is 18.2 Å². The van der Waals surface area contributed by atoms with Crippen LogP contribution in [0.3, 0.4) is 0 Å². The van der Waals surface area contributed by atoms with E-state index in [-0.39, 0.29) is 6.61 Å². The van der Waals surface area contributed by atoms with Crippen molar-refractivity contribution in [1.29, 1.82) is 0 Å². The molecule has 0 aromatic heterocycles. The number of alkyl halides is 3. The second-order valence-electron chi connectivity index (χ2n) is 4.22. The maximum absolute atomic E-state index is 12.4. The number of hydrogen-bond donors (Lipinski definition) is 0. The Morgan fingerprint density at radius 1 is 1.05 bits per heavy atom. The third kappa shape index (κ3) is 4.49. The Labute approximate surface area is 124 Å². The van der Waals surface area contributed by atoms with Gasteiger partial charge in [0.25, 0.3) is 0 Å².